The molecule has 0 N–H and O–H groups in total. The van der Waals surface area contributed by atoms with Crippen LogP contribution in [-0.2, 0) is 10.0 Å². The fraction of sp³-hybridized carbons (Fsp3) is 0.350. The van der Waals surface area contributed by atoms with Crippen molar-refractivity contribution in [2.75, 3.05) is 38.2 Å². The first-order valence-electron chi connectivity index (χ1n) is 9.61. The van der Waals surface area contributed by atoms with Gasteiger partial charge in [-0.05, 0) is 25.0 Å². The van der Waals surface area contributed by atoms with Crippen molar-refractivity contribution in [1.82, 2.24) is 23.8 Å². The molecule has 1 aliphatic heterocycles. The highest BCUT2D eigenvalue weighted by atomic mass is 32.2. The van der Waals surface area contributed by atoms with Crippen LogP contribution in [0.15, 0.2) is 48.1 Å². The summed E-state index contributed by atoms with van der Waals surface area (Å²) in [5, 5.41) is 0. The Bertz CT molecular complexity index is 1140. The highest BCUT2D eigenvalue weighted by molar-refractivity contribution is 7.89. The number of piperazine rings is 1. The van der Waals surface area contributed by atoms with Crippen molar-refractivity contribution in [1.29, 1.82) is 0 Å². The van der Waals surface area contributed by atoms with Crippen LogP contribution in [0.4, 0.5) is 5.82 Å². The molecule has 30 heavy (non-hydrogen) atoms. The van der Waals surface area contributed by atoms with E-state index < -0.39 is 10.0 Å². The Labute approximate surface area is 176 Å². The van der Waals surface area contributed by atoms with Crippen LogP contribution in [0.5, 0.6) is 5.75 Å². The van der Waals surface area contributed by atoms with Crippen molar-refractivity contribution in [3.63, 3.8) is 0 Å². The molecule has 0 radical (unpaired) electrons. The van der Waals surface area contributed by atoms with Crippen LogP contribution in [0.1, 0.15) is 11.1 Å². The monoisotopic (exact) mass is 428 g/mol. The Balaban J connectivity index is 1.52. The summed E-state index contributed by atoms with van der Waals surface area (Å²) in [5.41, 5.74) is 1.63. The van der Waals surface area contributed by atoms with Crippen molar-refractivity contribution >= 4 is 15.8 Å². The Kier molecular flexibility index (Phi) is 5.44. The predicted octanol–water partition coefficient (Wildman–Crippen LogP) is 1.80. The lowest BCUT2D eigenvalue weighted by molar-refractivity contribution is 0.382. The van der Waals surface area contributed by atoms with Gasteiger partial charge in [-0.15, -0.1) is 0 Å². The van der Waals surface area contributed by atoms with Crippen LogP contribution < -0.4 is 9.64 Å². The third-order valence-electron chi connectivity index (χ3n) is 5.28. The summed E-state index contributed by atoms with van der Waals surface area (Å²) in [7, 11) is -2.06. The number of anilines is 1. The van der Waals surface area contributed by atoms with Crippen LogP contribution in [0.25, 0.3) is 5.82 Å². The molecule has 4 rings (SSSR count). The van der Waals surface area contributed by atoms with Gasteiger partial charge in [-0.3, -0.25) is 4.57 Å². The molecule has 0 atom stereocenters. The third kappa shape index (κ3) is 3.75. The Morgan fingerprint density at radius 2 is 1.70 bits per heavy atom. The normalized spacial score (nSPS) is 15.4. The van der Waals surface area contributed by atoms with Crippen LogP contribution in [0.2, 0.25) is 0 Å². The van der Waals surface area contributed by atoms with E-state index in [4.69, 9.17) is 4.74 Å². The summed E-state index contributed by atoms with van der Waals surface area (Å²) in [4.78, 5) is 15.0. The van der Waals surface area contributed by atoms with E-state index in [9.17, 15) is 8.42 Å². The number of sulfonamides is 1. The average molecular weight is 429 g/mol. The molecule has 3 aromatic rings. The van der Waals surface area contributed by atoms with Crippen molar-refractivity contribution in [2.45, 2.75) is 18.7 Å². The second kappa shape index (κ2) is 8.04. The molecule has 1 fully saturated rings. The van der Waals surface area contributed by atoms with E-state index in [1.807, 2.05) is 32.2 Å². The molecular formula is C20H24N6O3S. The minimum atomic E-state index is -3.61. The molecule has 0 unspecified atom stereocenters. The molecule has 9 nitrogen and oxygen atoms in total. The quantitative estimate of drug-likeness (QED) is 0.612. The van der Waals surface area contributed by atoms with Crippen molar-refractivity contribution in [3.8, 4) is 11.6 Å². The topological polar surface area (TPSA) is 93.5 Å². The highest BCUT2D eigenvalue weighted by Crippen LogP contribution is 2.29. The zero-order chi connectivity index (χ0) is 21.3. The molecular weight excluding hydrogens is 404 g/mol. The summed E-state index contributed by atoms with van der Waals surface area (Å²) in [5.74, 6) is 2.06. The minimum absolute atomic E-state index is 0.294. The van der Waals surface area contributed by atoms with Crippen LogP contribution in [0.3, 0.4) is 0 Å². The molecule has 0 aliphatic carbocycles. The molecule has 158 valence electrons. The number of imidazole rings is 1. The Morgan fingerprint density at radius 3 is 2.37 bits per heavy atom. The van der Waals surface area contributed by atoms with Crippen LogP contribution in [-0.4, -0.2) is 65.5 Å². The summed E-state index contributed by atoms with van der Waals surface area (Å²) < 4.78 is 35.2. The van der Waals surface area contributed by atoms with Gasteiger partial charge in [0, 0.05) is 50.7 Å². The van der Waals surface area contributed by atoms with Crippen molar-refractivity contribution in [2.24, 2.45) is 0 Å². The number of ether oxygens (including phenoxy) is 1. The molecule has 1 saturated heterocycles. The van der Waals surface area contributed by atoms with E-state index in [-0.39, 0.29) is 0 Å². The van der Waals surface area contributed by atoms with E-state index >= 15 is 0 Å². The number of nitrogens with zero attached hydrogens (tertiary/aromatic N) is 6. The molecule has 1 aliphatic rings. The number of hydrogen-bond acceptors (Lipinski definition) is 7. The number of aryl methyl sites for hydroxylation is 2. The first-order valence-corrected chi connectivity index (χ1v) is 11.0. The van der Waals surface area contributed by atoms with Gasteiger partial charge in [-0.2, -0.15) is 4.31 Å². The van der Waals surface area contributed by atoms with Gasteiger partial charge < -0.3 is 9.64 Å². The first-order chi connectivity index (χ1) is 14.4. The number of benzene rings is 1. The molecule has 0 spiro atoms. The standard InChI is InChI=1S/C20H24N6O3S/c1-15-10-16(2)18(11-17(15)29-3)30(27,28)26-8-6-24(7-9-26)19-12-20(23-13-22-19)25-5-4-21-14-25/h4-5,10-14H,6-9H2,1-3H3. The van der Waals surface area contributed by atoms with E-state index in [0.717, 1.165) is 22.8 Å². The maximum atomic E-state index is 13.3. The number of methoxy groups -OCH3 is 1. The summed E-state index contributed by atoms with van der Waals surface area (Å²) in [6.45, 7) is 5.56. The van der Waals surface area contributed by atoms with Gasteiger partial charge in [-0.25, -0.2) is 23.4 Å². The van der Waals surface area contributed by atoms with E-state index in [1.54, 1.807) is 30.3 Å². The van der Waals surface area contributed by atoms with E-state index in [1.165, 1.54) is 10.6 Å². The zero-order valence-electron chi connectivity index (χ0n) is 17.2. The van der Waals surface area contributed by atoms with Crippen molar-refractivity contribution < 1.29 is 13.2 Å². The van der Waals surface area contributed by atoms with Gasteiger partial charge in [0.15, 0.2) is 0 Å². The average Bonchev–Trinajstić information content (AvgIpc) is 3.29. The maximum absolute atomic E-state index is 13.3. The molecule has 0 bridgehead atoms. The second-order valence-electron chi connectivity index (χ2n) is 7.18. The second-order valence-corrected chi connectivity index (χ2v) is 9.09. The minimum Gasteiger partial charge on any atom is -0.496 e. The van der Waals surface area contributed by atoms with Gasteiger partial charge in [0.2, 0.25) is 10.0 Å². The lowest BCUT2D eigenvalue weighted by Crippen LogP contribution is -2.49. The van der Waals surface area contributed by atoms with Gasteiger partial charge in [0.25, 0.3) is 0 Å². The predicted molar refractivity (Wildman–Crippen MR) is 113 cm³/mol. The fourth-order valence-corrected chi connectivity index (χ4v) is 5.30. The third-order valence-corrected chi connectivity index (χ3v) is 7.32. The molecule has 10 heteroatoms. The lowest BCUT2D eigenvalue weighted by atomic mass is 10.1. The number of hydrogen-bond donors (Lipinski definition) is 0. The Morgan fingerprint density at radius 1 is 0.967 bits per heavy atom. The van der Waals surface area contributed by atoms with Crippen LogP contribution >= 0.6 is 0 Å². The smallest absolute Gasteiger partial charge is 0.243 e. The maximum Gasteiger partial charge on any atom is 0.243 e. The zero-order valence-corrected chi connectivity index (χ0v) is 18.0. The summed E-state index contributed by atoms with van der Waals surface area (Å²) in [6.07, 6.45) is 6.69. The SMILES string of the molecule is COc1cc(S(=O)(=O)N2CCN(c3cc(-n4ccnc4)ncn3)CC2)c(C)cc1C. The molecule has 0 saturated carbocycles. The van der Waals surface area contributed by atoms with Gasteiger partial charge in [0.05, 0.1) is 12.0 Å². The van der Waals surface area contributed by atoms with Gasteiger partial charge in [0.1, 0.15) is 30.0 Å². The van der Waals surface area contributed by atoms with Gasteiger partial charge in [-0.1, -0.05) is 6.07 Å². The first kappa shape index (κ1) is 20.3. The summed E-state index contributed by atoms with van der Waals surface area (Å²) in [6, 6.07) is 5.34. The Hall–Kier alpha value is -2.98. The summed E-state index contributed by atoms with van der Waals surface area (Å²) >= 11 is 0. The molecule has 1 aromatic carbocycles. The largest absolute Gasteiger partial charge is 0.496 e. The lowest BCUT2D eigenvalue weighted by Gasteiger charge is -2.35. The number of aromatic nitrogens is 4. The van der Waals surface area contributed by atoms with Gasteiger partial charge >= 0.3 is 0 Å². The molecule has 3 heterocycles. The molecule has 2 aromatic heterocycles. The van der Waals surface area contributed by atoms with E-state index in [0.29, 0.717) is 36.8 Å². The fourth-order valence-electron chi connectivity index (χ4n) is 3.65. The van der Waals surface area contributed by atoms with Crippen LogP contribution in [0, 0.1) is 13.8 Å². The van der Waals surface area contributed by atoms with E-state index in [2.05, 4.69) is 19.9 Å². The van der Waals surface area contributed by atoms with Crippen molar-refractivity contribution in [3.05, 3.63) is 54.4 Å². The number of rotatable bonds is 5. The molecule has 0 amide bonds. The highest BCUT2D eigenvalue weighted by Gasteiger charge is 2.30.